The fraction of sp³-hybridized carbons (Fsp3) is 0.833. The first-order valence-corrected chi connectivity index (χ1v) is 2.92. The molecule has 1 aliphatic rings. The van der Waals surface area contributed by atoms with Gasteiger partial charge in [-0.15, -0.1) is 12.4 Å². The third-order valence-corrected chi connectivity index (χ3v) is 1.99. The molecule has 0 bridgehead atoms. The number of carbonyl (C=O) groups is 1. The van der Waals surface area contributed by atoms with E-state index in [0.717, 1.165) is 12.8 Å². The van der Waals surface area contributed by atoms with Crippen molar-refractivity contribution >= 4 is 18.2 Å². The molecule has 1 saturated carbocycles. The molecule has 9 heavy (non-hydrogen) atoms. The van der Waals surface area contributed by atoms with Crippen LogP contribution in [-0.2, 0) is 4.79 Å². The summed E-state index contributed by atoms with van der Waals surface area (Å²) in [4.78, 5) is 10.7. The summed E-state index contributed by atoms with van der Waals surface area (Å²) in [6.07, 6.45) is 2.03. The average Bonchev–Trinajstić information content (AvgIpc) is 2.44. The minimum atomic E-state index is -0.0694. The molecule has 3 heteroatoms. The zero-order valence-corrected chi connectivity index (χ0v) is 6.33. The van der Waals surface area contributed by atoms with Crippen molar-refractivity contribution in [3.05, 3.63) is 0 Å². The molecule has 0 unspecified atom stereocenters. The van der Waals surface area contributed by atoms with Crippen LogP contribution < -0.4 is 5.73 Å². The van der Waals surface area contributed by atoms with Crippen LogP contribution in [0.25, 0.3) is 0 Å². The summed E-state index contributed by atoms with van der Waals surface area (Å²) in [5.41, 5.74) is 5.28. The predicted molar refractivity (Wildman–Crippen MR) is 38.7 cm³/mol. The van der Waals surface area contributed by atoms with Crippen LogP contribution in [0.5, 0.6) is 0 Å². The second kappa shape index (κ2) is 2.67. The highest BCUT2D eigenvalue weighted by molar-refractivity contribution is 5.85. The summed E-state index contributed by atoms with van der Waals surface area (Å²) in [6.45, 7) is 2.17. The van der Waals surface area contributed by atoms with Crippen molar-refractivity contribution in [3.63, 3.8) is 0 Å². The fourth-order valence-corrected chi connectivity index (χ4v) is 0.851. The van der Waals surface area contributed by atoms with E-state index in [4.69, 9.17) is 5.73 Å². The molecule has 0 aromatic rings. The summed E-state index contributed by atoms with van der Waals surface area (Å²) in [7, 11) is 0. The monoisotopic (exact) mass is 149 g/mol. The van der Waals surface area contributed by atoms with Crippen molar-refractivity contribution in [2.24, 2.45) is 11.1 Å². The lowest BCUT2D eigenvalue weighted by Crippen LogP contribution is -2.22. The second-order valence-corrected chi connectivity index (χ2v) is 2.54. The molecule has 0 spiro atoms. The average molecular weight is 150 g/mol. The van der Waals surface area contributed by atoms with Gasteiger partial charge in [-0.05, 0) is 19.8 Å². The number of ketones is 1. The van der Waals surface area contributed by atoms with Crippen LogP contribution in [-0.4, -0.2) is 12.3 Å². The van der Waals surface area contributed by atoms with Crippen LogP contribution in [0.4, 0.5) is 0 Å². The summed E-state index contributed by atoms with van der Waals surface area (Å²) in [5, 5.41) is 0. The molecule has 0 radical (unpaired) electrons. The Labute approximate surface area is 61.2 Å². The standard InChI is InChI=1S/C6H11NO.ClH/c1-5(8)6(4-7)2-3-6;/h2-4,7H2,1H3;1H. The van der Waals surface area contributed by atoms with E-state index in [-0.39, 0.29) is 23.6 Å². The molecule has 2 N–H and O–H groups in total. The smallest absolute Gasteiger partial charge is 0.137 e. The third kappa shape index (κ3) is 1.43. The Morgan fingerprint density at radius 3 is 2.11 bits per heavy atom. The van der Waals surface area contributed by atoms with Crippen molar-refractivity contribution < 1.29 is 4.79 Å². The van der Waals surface area contributed by atoms with E-state index in [0.29, 0.717) is 6.54 Å². The summed E-state index contributed by atoms with van der Waals surface area (Å²) >= 11 is 0. The normalized spacial score (nSPS) is 20.2. The zero-order chi connectivity index (χ0) is 6.20. The highest BCUT2D eigenvalue weighted by Gasteiger charge is 2.45. The maximum absolute atomic E-state index is 10.7. The van der Waals surface area contributed by atoms with Gasteiger partial charge in [0.15, 0.2) is 0 Å². The van der Waals surface area contributed by atoms with Crippen LogP contribution in [0.15, 0.2) is 0 Å². The minimum Gasteiger partial charge on any atom is -0.329 e. The molecule has 0 amide bonds. The molecule has 1 rings (SSSR count). The summed E-state index contributed by atoms with van der Waals surface area (Å²) in [6, 6.07) is 0. The highest BCUT2D eigenvalue weighted by Crippen LogP contribution is 2.44. The Morgan fingerprint density at radius 1 is 1.67 bits per heavy atom. The van der Waals surface area contributed by atoms with E-state index in [1.165, 1.54) is 0 Å². The topological polar surface area (TPSA) is 43.1 Å². The Bertz CT molecular complexity index is 120. The molecule has 0 aromatic heterocycles. The zero-order valence-electron chi connectivity index (χ0n) is 5.52. The first-order valence-electron chi connectivity index (χ1n) is 2.92. The van der Waals surface area contributed by atoms with Gasteiger partial charge in [-0.1, -0.05) is 0 Å². The van der Waals surface area contributed by atoms with Gasteiger partial charge in [-0.25, -0.2) is 0 Å². The van der Waals surface area contributed by atoms with Gasteiger partial charge in [0.2, 0.25) is 0 Å². The van der Waals surface area contributed by atoms with Crippen LogP contribution in [0.2, 0.25) is 0 Å². The maximum atomic E-state index is 10.7. The van der Waals surface area contributed by atoms with Gasteiger partial charge < -0.3 is 5.73 Å². The first kappa shape index (κ1) is 8.92. The number of hydrogen-bond donors (Lipinski definition) is 1. The molecule has 1 fully saturated rings. The van der Waals surface area contributed by atoms with E-state index in [9.17, 15) is 4.79 Å². The van der Waals surface area contributed by atoms with E-state index in [2.05, 4.69) is 0 Å². The second-order valence-electron chi connectivity index (χ2n) is 2.54. The van der Waals surface area contributed by atoms with Gasteiger partial charge >= 0.3 is 0 Å². The molecular formula is C6H12ClNO. The number of rotatable bonds is 2. The van der Waals surface area contributed by atoms with E-state index in [1.54, 1.807) is 6.92 Å². The Morgan fingerprint density at radius 2 is 2.11 bits per heavy atom. The highest BCUT2D eigenvalue weighted by atomic mass is 35.5. The summed E-state index contributed by atoms with van der Waals surface area (Å²) in [5.74, 6) is 0.264. The maximum Gasteiger partial charge on any atom is 0.137 e. The largest absolute Gasteiger partial charge is 0.329 e. The van der Waals surface area contributed by atoms with Gasteiger partial charge in [0.25, 0.3) is 0 Å². The molecule has 2 nitrogen and oxygen atoms in total. The Balaban J connectivity index is 0.000000640. The predicted octanol–water partition coefficient (Wildman–Crippen LogP) is 0.736. The lowest BCUT2D eigenvalue weighted by molar-refractivity contribution is -0.121. The fourth-order valence-electron chi connectivity index (χ4n) is 0.851. The van der Waals surface area contributed by atoms with Crippen molar-refractivity contribution in [1.29, 1.82) is 0 Å². The van der Waals surface area contributed by atoms with Crippen molar-refractivity contribution in [1.82, 2.24) is 0 Å². The quantitative estimate of drug-likeness (QED) is 0.629. The van der Waals surface area contributed by atoms with Crippen LogP contribution >= 0.6 is 12.4 Å². The van der Waals surface area contributed by atoms with Crippen molar-refractivity contribution in [2.45, 2.75) is 19.8 Å². The number of hydrogen-bond acceptors (Lipinski definition) is 2. The van der Waals surface area contributed by atoms with Crippen LogP contribution in [0.3, 0.4) is 0 Å². The van der Waals surface area contributed by atoms with Gasteiger partial charge in [-0.2, -0.15) is 0 Å². The lowest BCUT2D eigenvalue weighted by Gasteiger charge is -2.03. The van der Waals surface area contributed by atoms with Gasteiger partial charge in [0.1, 0.15) is 5.78 Å². The van der Waals surface area contributed by atoms with Gasteiger partial charge in [0.05, 0.1) is 0 Å². The first-order chi connectivity index (χ1) is 3.71. The van der Waals surface area contributed by atoms with Crippen LogP contribution in [0.1, 0.15) is 19.8 Å². The minimum absolute atomic E-state index is 0. The van der Waals surface area contributed by atoms with Crippen LogP contribution in [0, 0.1) is 5.41 Å². The molecular weight excluding hydrogens is 138 g/mol. The number of carbonyl (C=O) groups excluding carboxylic acids is 1. The number of nitrogens with two attached hydrogens (primary N) is 1. The van der Waals surface area contributed by atoms with E-state index >= 15 is 0 Å². The molecule has 54 valence electrons. The lowest BCUT2D eigenvalue weighted by atomic mass is 10.0. The molecule has 0 heterocycles. The summed E-state index contributed by atoms with van der Waals surface area (Å²) < 4.78 is 0. The van der Waals surface area contributed by atoms with Crippen molar-refractivity contribution in [3.8, 4) is 0 Å². The van der Waals surface area contributed by atoms with E-state index < -0.39 is 0 Å². The SMILES string of the molecule is CC(=O)C1(CN)CC1.Cl. The molecule has 0 saturated heterocycles. The number of halogens is 1. The Kier molecular flexibility index (Phi) is 2.65. The third-order valence-electron chi connectivity index (χ3n) is 1.99. The molecule has 1 aliphatic carbocycles. The Hall–Kier alpha value is -0.0800. The van der Waals surface area contributed by atoms with E-state index in [1.807, 2.05) is 0 Å². The molecule has 0 atom stereocenters. The van der Waals surface area contributed by atoms with Gasteiger partial charge in [0, 0.05) is 12.0 Å². The molecule has 0 aromatic carbocycles. The number of Topliss-reactive ketones (excluding diaryl/α,β-unsaturated/α-hetero) is 1. The van der Waals surface area contributed by atoms with Gasteiger partial charge in [-0.3, -0.25) is 4.79 Å². The molecule has 0 aliphatic heterocycles. The van der Waals surface area contributed by atoms with Crippen molar-refractivity contribution in [2.75, 3.05) is 6.54 Å².